The van der Waals surface area contributed by atoms with Crippen LogP contribution in [0, 0.1) is 0 Å². The number of para-hydroxylation sites is 1. The van der Waals surface area contributed by atoms with E-state index in [1.54, 1.807) is 37.4 Å². The van der Waals surface area contributed by atoms with Gasteiger partial charge in [0.1, 0.15) is 5.75 Å². The number of benzene rings is 2. The van der Waals surface area contributed by atoms with Gasteiger partial charge in [0, 0.05) is 25.6 Å². The Hall–Kier alpha value is -3.49. The third-order valence-electron chi connectivity index (χ3n) is 5.53. The molecule has 1 aliphatic heterocycles. The molecule has 8 nitrogen and oxygen atoms in total. The average molecular weight is 472 g/mol. The lowest BCUT2D eigenvalue weighted by molar-refractivity contribution is -0.129. The van der Waals surface area contributed by atoms with Crippen molar-refractivity contribution in [2.24, 2.45) is 0 Å². The van der Waals surface area contributed by atoms with Crippen LogP contribution in [0.4, 0.5) is 0 Å². The number of aliphatic hydroxyl groups excluding tert-OH is 1. The van der Waals surface area contributed by atoms with Gasteiger partial charge in [0.15, 0.2) is 22.9 Å². The van der Waals surface area contributed by atoms with Gasteiger partial charge in [-0.15, -0.1) is 0 Å². The molecule has 0 radical (unpaired) electrons. The van der Waals surface area contributed by atoms with E-state index in [4.69, 9.17) is 25.5 Å². The topological polar surface area (TPSA) is 109 Å². The highest BCUT2D eigenvalue weighted by atomic mass is 35.5. The molecule has 1 aliphatic rings. The fraction of sp³-hybridized carbons (Fsp3) is 0.250. The fourth-order valence-corrected chi connectivity index (χ4v) is 4.17. The molecule has 33 heavy (non-hydrogen) atoms. The molecule has 0 spiro atoms. The van der Waals surface area contributed by atoms with Gasteiger partial charge < -0.3 is 29.0 Å². The highest BCUT2D eigenvalue weighted by Crippen LogP contribution is 2.41. The van der Waals surface area contributed by atoms with Crippen molar-refractivity contribution in [1.29, 1.82) is 0 Å². The monoisotopic (exact) mass is 471 g/mol. The maximum atomic E-state index is 13.5. The first-order valence-corrected chi connectivity index (χ1v) is 10.6. The van der Waals surface area contributed by atoms with Crippen LogP contribution in [0.15, 0.2) is 58.2 Å². The molecule has 3 aromatic rings. The van der Waals surface area contributed by atoms with Crippen LogP contribution in [0.1, 0.15) is 28.6 Å². The number of carbonyl (C=O) groups is 2. The zero-order valence-electron chi connectivity index (χ0n) is 18.0. The van der Waals surface area contributed by atoms with Gasteiger partial charge in [0.05, 0.1) is 23.7 Å². The number of phenols is 1. The number of halogens is 1. The summed E-state index contributed by atoms with van der Waals surface area (Å²) in [5.74, 6) is -1.70. The molecule has 2 N–H and O–H groups in total. The molecule has 0 saturated carbocycles. The van der Waals surface area contributed by atoms with E-state index in [0.717, 1.165) is 0 Å². The van der Waals surface area contributed by atoms with Gasteiger partial charge in [0.25, 0.3) is 5.91 Å². The third-order valence-corrected chi connectivity index (χ3v) is 5.84. The molecule has 1 unspecified atom stereocenters. The number of fused-ring (bicyclic) bond motifs is 1. The zero-order valence-corrected chi connectivity index (χ0v) is 18.8. The minimum absolute atomic E-state index is 0.0440. The Morgan fingerprint density at radius 2 is 1.97 bits per heavy atom. The van der Waals surface area contributed by atoms with Gasteiger partial charge in [-0.25, -0.2) is 0 Å². The number of aromatic hydroxyl groups is 1. The van der Waals surface area contributed by atoms with Gasteiger partial charge in [-0.1, -0.05) is 29.8 Å². The van der Waals surface area contributed by atoms with E-state index in [1.807, 2.05) is 0 Å². The third kappa shape index (κ3) is 4.03. The molecule has 1 amide bonds. The van der Waals surface area contributed by atoms with Crippen LogP contribution in [0.3, 0.4) is 0 Å². The molecule has 9 heteroatoms. The van der Waals surface area contributed by atoms with E-state index in [2.05, 4.69) is 0 Å². The van der Waals surface area contributed by atoms with E-state index in [9.17, 15) is 19.8 Å². The molecule has 0 aliphatic carbocycles. The number of hydrogen-bond donors (Lipinski definition) is 2. The Bertz CT molecular complexity index is 1260. The van der Waals surface area contributed by atoms with Crippen molar-refractivity contribution in [3.05, 3.63) is 70.1 Å². The van der Waals surface area contributed by atoms with Crippen molar-refractivity contribution in [2.45, 2.75) is 12.5 Å². The van der Waals surface area contributed by atoms with Crippen LogP contribution < -0.4 is 4.74 Å². The van der Waals surface area contributed by atoms with Crippen LogP contribution in [-0.2, 0) is 9.53 Å². The standard InChI is InChI=1S/C24H22ClNO7/c1-31-10-4-9-26-20(13-7-8-16(27)15(25)11-13)19(22(29)24(26)30)21(28)18-12-14-5-3-6-17(32-2)23(14)33-18/h3,5-8,11-12,20,27,29H,4,9-10H2,1-2H3. The molecule has 2 aromatic carbocycles. The summed E-state index contributed by atoms with van der Waals surface area (Å²) in [6, 6.07) is 10.2. The van der Waals surface area contributed by atoms with Gasteiger partial charge in [0.2, 0.25) is 5.78 Å². The van der Waals surface area contributed by atoms with Crippen molar-refractivity contribution >= 4 is 34.3 Å². The fourth-order valence-electron chi connectivity index (χ4n) is 3.98. The second-order valence-corrected chi connectivity index (χ2v) is 7.95. The van der Waals surface area contributed by atoms with E-state index in [1.165, 1.54) is 24.1 Å². The average Bonchev–Trinajstić information content (AvgIpc) is 3.35. The summed E-state index contributed by atoms with van der Waals surface area (Å²) in [6.07, 6.45) is 0.487. The lowest BCUT2D eigenvalue weighted by Crippen LogP contribution is -2.32. The molecule has 2 heterocycles. The van der Waals surface area contributed by atoms with Gasteiger partial charge in [-0.3, -0.25) is 9.59 Å². The maximum Gasteiger partial charge on any atom is 0.290 e. The zero-order chi connectivity index (χ0) is 23.7. The van der Waals surface area contributed by atoms with Gasteiger partial charge in [-0.05, 0) is 36.2 Å². The number of hydrogen-bond acceptors (Lipinski definition) is 7. The first-order valence-electron chi connectivity index (χ1n) is 10.2. The van der Waals surface area contributed by atoms with Gasteiger partial charge in [-0.2, -0.15) is 0 Å². The molecule has 0 fully saturated rings. The minimum atomic E-state index is -0.921. The molecule has 0 bridgehead atoms. The number of carbonyl (C=O) groups excluding carboxylic acids is 2. The number of aliphatic hydroxyl groups is 1. The van der Waals surface area contributed by atoms with E-state index in [0.29, 0.717) is 35.3 Å². The van der Waals surface area contributed by atoms with Crippen molar-refractivity contribution in [1.82, 2.24) is 4.90 Å². The number of nitrogens with zero attached hydrogens (tertiary/aromatic N) is 1. The Morgan fingerprint density at radius 1 is 1.18 bits per heavy atom. The first-order chi connectivity index (χ1) is 15.9. The quantitative estimate of drug-likeness (QED) is 0.369. The summed E-state index contributed by atoms with van der Waals surface area (Å²) in [4.78, 5) is 27.9. The molecule has 1 aromatic heterocycles. The largest absolute Gasteiger partial charge is 0.506 e. The molecular formula is C24H22ClNO7. The number of furan rings is 1. The number of ketones is 1. The molecule has 4 rings (SSSR count). The number of Topliss-reactive ketones (excluding diaryl/α,β-unsaturated/α-hetero) is 1. The molecule has 1 atom stereocenters. The Kier molecular flexibility index (Phi) is 6.31. The normalized spacial score (nSPS) is 16.2. The van der Waals surface area contributed by atoms with Crippen LogP contribution in [0.25, 0.3) is 11.0 Å². The maximum absolute atomic E-state index is 13.5. The van der Waals surface area contributed by atoms with E-state index in [-0.39, 0.29) is 28.7 Å². The van der Waals surface area contributed by atoms with Gasteiger partial charge >= 0.3 is 0 Å². The lowest BCUT2D eigenvalue weighted by atomic mass is 9.95. The number of methoxy groups -OCH3 is 2. The number of amides is 1. The summed E-state index contributed by atoms with van der Waals surface area (Å²) >= 11 is 6.10. The van der Waals surface area contributed by atoms with Crippen LogP contribution >= 0.6 is 11.6 Å². The lowest BCUT2D eigenvalue weighted by Gasteiger charge is -2.26. The Morgan fingerprint density at radius 3 is 2.67 bits per heavy atom. The van der Waals surface area contributed by atoms with Crippen molar-refractivity contribution in [2.75, 3.05) is 27.4 Å². The van der Waals surface area contributed by atoms with Crippen LogP contribution in [0.2, 0.25) is 5.02 Å². The smallest absolute Gasteiger partial charge is 0.290 e. The number of ether oxygens (including phenoxy) is 2. The van der Waals surface area contributed by atoms with Crippen LogP contribution in [-0.4, -0.2) is 54.2 Å². The Balaban J connectivity index is 1.80. The second-order valence-electron chi connectivity index (χ2n) is 7.54. The summed E-state index contributed by atoms with van der Waals surface area (Å²) < 4.78 is 16.1. The van der Waals surface area contributed by atoms with Crippen molar-refractivity contribution in [3.8, 4) is 11.5 Å². The van der Waals surface area contributed by atoms with E-state index >= 15 is 0 Å². The summed E-state index contributed by atoms with van der Waals surface area (Å²) in [7, 11) is 3.04. The first kappa shape index (κ1) is 22.7. The second kappa shape index (κ2) is 9.17. The number of rotatable bonds is 8. The minimum Gasteiger partial charge on any atom is -0.506 e. The SMILES string of the molecule is COCCCN1C(=O)C(O)=C(C(=O)c2cc3cccc(OC)c3o2)C1c1ccc(O)c(Cl)c1. The summed E-state index contributed by atoms with van der Waals surface area (Å²) in [6.45, 7) is 0.616. The molecule has 172 valence electrons. The Labute approximate surface area is 194 Å². The van der Waals surface area contributed by atoms with Crippen molar-refractivity contribution < 1.29 is 33.7 Å². The number of phenolic OH excluding ortho intramolecular Hbond substituents is 1. The summed E-state index contributed by atoms with van der Waals surface area (Å²) in [5, 5.41) is 21.3. The highest BCUT2D eigenvalue weighted by Gasteiger charge is 2.44. The molecule has 0 saturated heterocycles. The predicted molar refractivity (Wildman–Crippen MR) is 121 cm³/mol. The van der Waals surface area contributed by atoms with Crippen LogP contribution in [0.5, 0.6) is 11.5 Å². The van der Waals surface area contributed by atoms with Crippen molar-refractivity contribution in [3.63, 3.8) is 0 Å². The predicted octanol–water partition coefficient (Wildman–Crippen LogP) is 4.42. The summed E-state index contributed by atoms with van der Waals surface area (Å²) in [5.41, 5.74) is 0.718. The molecular weight excluding hydrogens is 450 g/mol. The highest BCUT2D eigenvalue weighted by molar-refractivity contribution is 6.32. The van der Waals surface area contributed by atoms with E-state index < -0.39 is 23.5 Å².